The number of rotatable bonds is 5. The van der Waals surface area contributed by atoms with Crippen LogP contribution in [0.5, 0.6) is 0 Å². The van der Waals surface area contributed by atoms with Crippen molar-refractivity contribution in [3.8, 4) is 0 Å². The third-order valence-electron chi connectivity index (χ3n) is 2.54. The fourth-order valence-corrected chi connectivity index (χ4v) is 1.74. The van der Waals surface area contributed by atoms with E-state index < -0.39 is 11.7 Å². The molecule has 0 heterocycles. The lowest BCUT2D eigenvalue weighted by molar-refractivity contribution is -0.137. The number of halogens is 4. The van der Waals surface area contributed by atoms with Gasteiger partial charge in [-0.3, -0.25) is 4.79 Å². The van der Waals surface area contributed by atoms with E-state index in [1.807, 2.05) is 19.0 Å². The first-order chi connectivity index (χ1) is 9.70. The van der Waals surface area contributed by atoms with E-state index in [4.69, 9.17) is 11.6 Å². The highest BCUT2D eigenvalue weighted by Crippen LogP contribution is 2.35. The van der Waals surface area contributed by atoms with Crippen LogP contribution in [-0.4, -0.2) is 31.4 Å². The van der Waals surface area contributed by atoms with Crippen LogP contribution in [0, 0.1) is 0 Å². The maximum absolute atomic E-state index is 12.7. The van der Waals surface area contributed by atoms with Crippen molar-refractivity contribution in [1.82, 2.24) is 10.2 Å². The van der Waals surface area contributed by atoms with Crippen LogP contribution in [0.4, 0.5) is 13.2 Å². The first-order valence-corrected chi connectivity index (χ1v) is 6.52. The fraction of sp³-hybridized carbons (Fsp3) is 0.357. The molecule has 0 saturated carbocycles. The van der Waals surface area contributed by atoms with Crippen LogP contribution in [0.2, 0.25) is 5.02 Å². The molecule has 0 aliphatic carbocycles. The molecule has 0 fully saturated rings. The van der Waals surface area contributed by atoms with Crippen molar-refractivity contribution < 1.29 is 18.0 Å². The van der Waals surface area contributed by atoms with Crippen molar-refractivity contribution >= 4 is 17.5 Å². The minimum atomic E-state index is -4.51. The number of likely N-dealkylation sites (N-methyl/N-ethyl adjacent to an activating group) is 1. The van der Waals surface area contributed by atoms with Crippen LogP contribution in [0.1, 0.15) is 11.1 Å². The van der Waals surface area contributed by atoms with Crippen LogP contribution < -0.4 is 5.32 Å². The third-order valence-corrected chi connectivity index (χ3v) is 2.87. The third kappa shape index (κ3) is 6.18. The Hall–Kier alpha value is -1.53. The van der Waals surface area contributed by atoms with E-state index in [1.165, 1.54) is 18.2 Å². The maximum Gasteiger partial charge on any atom is 0.417 e. The Bertz CT molecular complexity index is 527. The summed E-state index contributed by atoms with van der Waals surface area (Å²) in [7, 11) is 3.71. The van der Waals surface area contributed by atoms with E-state index in [2.05, 4.69) is 5.32 Å². The van der Waals surface area contributed by atoms with Crippen LogP contribution in [0.25, 0.3) is 0 Å². The second-order valence-electron chi connectivity index (χ2n) is 4.69. The van der Waals surface area contributed by atoms with Crippen molar-refractivity contribution in [2.75, 3.05) is 20.6 Å². The Morgan fingerprint density at radius 3 is 2.62 bits per heavy atom. The molecular weight excluding hydrogens is 305 g/mol. The number of amides is 1. The number of carbonyl (C=O) groups is 1. The second-order valence-corrected chi connectivity index (χ2v) is 5.10. The van der Waals surface area contributed by atoms with E-state index in [-0.39, 0.29) is 17.5 Å². The van der Waals surface area contributed by atoms with Gasteiger partial charge in [0.25, 0.3) is 0 Å². The average Bonchev–Trinajstić information content (AvgIpc) is 2.36. The van der Waals surface area contributed by atoms with Crippen molar-refractivity contribution in [2.45, 2.75) is 12.7 Å². The Morgan fingerprint density at radius 2 is 2.05 bits per heavy atom. The number of hydrogen-bond acceptors (Lipinski definition) is 2. The predicted octanol–water partition coefficient (Wildman–Crippen LogP) is 3.09. The Kier molecular flexibility index (Phi) is 6.23. The van der Waals surface area contributed by atoms with Crippen molar-refractivity contribution in [3.63, 3.8) is 0 Å². The molecule has 1 N–H and O–H groups in total. The molecule has 0 spiro atoms. The molecule has 0 saturated heterocycles. The molecule has 21 heavy (non-hydrogen) atoms. The van der Waals surface area contributed by atoms with Gasteiger partial charge in [0.2, 0.25) is 5.91 Å². The van der Waals surface area contributed by atoms with Gasteiger partial charge >= 0.3 is 6.18 Å². The summed E-state index contributed by atoms with van der Waals surface area (Å²) in [6, 6.07) is 3.56. The topological polar surface area (TPSA) is 32.3 Å². The van der Waals surface area contributed by atoms with Crippen LogP contribution in [-0.2, 0) is 17.5 Å². The zero-order valence-electron chi connectivity index (χ0n) is 11.7. The molecule has 0 aromatic heterocycles. The van der Waals surface area contributed by atoms with Crippen molar-refractivity contribution in [2.24, 2.45) is 0 Å². The normalized spacial score (nSPS) is 12.1. The summed E-state index contributed by atoms with van der Waals surface area (Å²) < 4.78 is 38.0. The molecule has 1 aromatic carbocycles. The lowest BCUT2D eigenvalue weighted by atomic mass is 10.1. The Labute approximate surface area is 126 Å². The summed E-state index contributed by atoms with van der Waals surface area (Å²) in [5, 5.41) is 2.16. The minimum absolute atomic E-state index is 0.00534. The Balaban J connectivity index is 2.64. The first-order valence-electron chi connectivity index (χ1n) is 6.15. The average molecular weight is 321 g/mol. The van der Waals surface area contributed by atoms with Gasteiger partial charge in [-0.2, -0.15) is 13.2 Å². The van der Waals surface area contributed by atoms with Gasteiger partial charge in [0, 0.05) is 19.2 Å². The summed E-state index contributed by atoms with van der Waals surface area (Å²) in [5.74, 6) is -0.361. The van der Waals surface area contributed by atoms with Gasteiger partial charge < -0.3 is 10.2 Å². The predicted molar refractivity (Wildman–Crippen MR) is 76.0 cm³/mol. The zero-order valence-corrected chi connectivity index (χ0v) is 12.4. The lowest BCUT2D eigenvalue weighted by Crippen LogP contribution is -2.21. The molecule has 1 rings (SSSR count). The van der Waals surface area contributed by atoms with E-state index >= 15 is 0 Å². The SMILES string of the molecule is CN(C)C/C=C/C(=O)NCc1ccc(Cl)c(C(F)(F)F)c1. The number of alkyl halides is 3. The first kappa shape index (κ1) is 17.5. The number of hydrogen-bond donors (Lipinski definition) is 1. The van der Waals surface area contributed by atoms with Gasteiger partial charge in [0.15, 0.2) is 0 Å². The highest BCUT2D eigenvalue weighted by atomic mass is 35.5. The molecule has 0 atom stereocenters. The number of nitrogens with zero attached hydrogens (tertiary/aromatic N) is 1. The van der Waals surface area contributed by atoms with Gasteiger partial charge in [0.1, 0.15) is 0 Å². The molecule has 0 bridgehead atoms. The van der Waals surface area contributed by atoms with E-state index in [0.717, 1.165) is 6.07 Å². The summed E-state index contributed by atoms with van der Waals surface area (Å²) in [6.07, 6.45) is -1.50. The van der Waals surface area contributed by atoms with Gasteiger partial charge in [-0.05, 0) is 31.8 Å². The summed E-state index contributed by atoms with van der Waals surface area (Å²) in [5.41, 5.74) is -0.569. The summed E-state index contributed by atoms with van der Waals surface area (Å²) in [6.45, 7) is 0.609. The highest BCUT2D eigenvalue weighted by Gasteiger charge is 2.33. The standard InChI is InChI=1S/C14H16ClF3N2O/c1-20(2)7-3-4-13(21)19-9-10-5-6-12(15)11(8-10)14(16,17)18/h3-6,8H,7,9H2,1-2H3,(H,19,21)/b4-3+. The molecule has 7 heteroatoms. The van der Waals surface area contributed by atoms with Gasteiger partial charge in [0.05, 0.1) is 10.6 Å². The van der Waals surface area contributed by atoms with Crippen molar-refractivity contribution in [3.05, 3.63) is 46.5 Å². The van der Waals surface area contributed by atoms with E-state index in [9.17, 15) is 18.0 Å². The monoisotopic (exact) mass is 320 g/mol. The van der Waals surface area contributed by atoms with E-state index in [0.29, 0.717) is 12.1 Å². The Morgan fingerprint density at radius 1 is 1.38 bits per heavy atom. The molecule has 0 aliphatic rings. The zero-order chi connectivity index (χ0) is 16.0. The number of benzene rings is 1. The minimum Gasteiger partial charge on any atom is -0.348 e. The van der Waals surface area contributed by atoms with Crippen LogP contribution in [0.15, 0.2) is 30.4 Å². The van der Waals surface area contributed by atoms with Gasteiger partial charge in [-0.25, -0.2) is 0 Å². The molecule has 1 aromatic rings. The molecule has 1 amide bonds. The molecule has 116 valence electrons. The summed E-state index contributed by atoms with van der Waals surface area (Å²) in [4.78, 5) is 13.4. The molecular formula is C14H16ClF3N2O. The van der Waals surface area contributed by atoms with Crippen molar-refractivity contribution in [1.29, 1.82) is 0 Å². The van der Waals surface area contributed by atoms with Gasteiger partial charge in [-0.1, -0.05) is 23.7 Å². The van der Waals surface area contributed by atoms with E-state index in [1.54, 1.807) is 6.08 Å². The second kappa shape index (κ2) is 7.47. The largest absolute Gasteiger partial charge is 0.417 e. The van der Waals surface area contributed by atoms with Crippen LogP contribution in [0.3, 0.4) is 0 Å². The number of carbonyl (C=O) groups excluding carboxylic acids is 1. The van der Waals surface area contributed by atoms with Crippen LogP contribution >= 0.6 is 11.6 Å². The molecule has 0 unspecified atom stereocenters. The quantitative estimate of drug-likeness (QED) is 0.846. The fourth-order valence-electron chi connectivity index (χ4n) is 1.52. The number of nitrogens with one attached hydrogen (secondary N) is 1. The molecule has 0 aliphatic heterocycles. The highest BCUT2D eigenvalue weighted by molar-refractivity contribution is 6.31. The smallest absolute Gasteiger partial charge is 0.348 e. The van der Waals surface area contributed by atoms with Gasteiger partial charge in [-0.15, -0.1) is 0 Å². The molecule has 3 nitrogen and oxygen atoms in total. The molecule has 0 radical (unpaired) electrons. The maximum atomic E-state index is 12.7. The summed E-state index contributed by atoms with van der Waals surface area (Å²) >= 11 is 5.52. The lowest BCUT2D eigenvalue weighted by Gasteiger charge is -2.11.